The normalized spacial score (nSPS) is 27.2. The van der Waals surface area contributed by atoms with E-state index >= 15 is 0 Å². The lowest BCUT2D eigenvalue weighted by molar-refractivity contribution is -0.145. The molecule has 1 aliphatic carbocycles. The van der Waals surface area contributed by atoms with Crippen LogP contribution in [0.2, 0.25) is 0 Å². The minimum absolute atomic E-state index is 0.00852. The number of ether oxygens (including phenoxy) is 1. The molecule has 1 saturated carbocycles. The summed E-state index contributed by atoms with van der Waals surface area (Å²) in [6.45, 7) is 3.11. The van der Waals surface area contributed by atoms with Gasteiger partial charge in [-0.25, -0.2) is 0 Å². The smallest absolute Gasteiger partial charge is 0.227 e. The second-order valence-electron chi connectivity index (χ2n) is 8.20. The first-order valence-corrected chi connectivity index (χ1v) is 10.3. The van der Waals surface area contributed by atoms with E-state index in [9.17, 15) is 9.59 Å². The number of carbonyl (C=O) groups is 2. The molecule has 0 aromatic carbocycles. The molecule has 2 aliphatic heterocycles. The van der Waals surface area contributed by atoms with Gasteiger partial charge < -0.3 is 14.5 Å². The average Bonchev–Trinajstić information content (AvgIpc) is 2.91. The van der Waals surface area contributed by atoms with Gasteiger partial charge in [-0.3, -0.25) is 9.59 Å². The van der Waals surface area contributed by atoms with Crippen LogP contribution in [0.5, 0.6) is 0 Å². The maximum atomic E-state index is 12.9. The van der Waals surface area contributed by atoms with Crippen LogP contribution in [0.25, 0.3) is 0 Å². The van der Waals surface area contributed by atoms with Crippen molar-refractivity contribution >= 4 is 11.8 Å². The fraction of sp³-hybridized carbons (Fsp3) is 0.900. The molecular weight excluding hydrogens is 316 g/mol. The van der Waals surface area contributed by atoms with Crippen LogP contribution in [0.3, 0.4) is 0 Å². The minimum Gasteiger partial charge on any atom is -0.381 e. The molecular formula is C20H34N2O3. The lowest BCUT2D eigenvalue weighted by Crippen LogP contribution is -2.50. The Kier molecular flexibility index (Phi) is 6.74. The predicted octanol–water partition coefficient (Wildman–Crippen LogP) is 2.83. The quantitative estimate of drug-likeness (QED) is 0.733. The number of piperidine rings is 1. The van der Waals surface area contributed by atoms with Crippen LogP contribution < -0.4 is 0 Å². The molecule has 3 aliphatic rings. The second kappa shape index (κ2) is 9.02. The van der Waals surface area contributed by atoms with Crippen LogP contribution in [0.1, 0.15) is 64.2 Å². The van der Waals surface area contributed by atoms with Crippen LogP contribution in [0.4, 0.5) is 0 Å². The summed E-state index contributed by atoms with van der Waals surface area (Å²) in [5.41, 5.74) is 0. The summed E-state index contributed by atoms with van der Waals surface area (Å²) in [6, 6.07) is 0.367. The summed E-state index contributed by atoms with van der Waals surface area (Å²) in [5, 5.41) is 0. The Balaban J connectivity index is 1.55. The van der Waals surface area contributed by atoms with Gasteiger partial charge in [0, 0.05) is 45.8 Å². The highest BCUT2D eigenvalue weighted by molar-refractivity contribution is 5.84. The first-order valence-electron chi connectivity index (χ1n) is 10.3. The first-order chi connectivity index (χ1) is 12.1. The van der Waals surface area contributed by atoms with Crippen molar-refractivity contribution in [2.24, 2.45) is 11.8 Å². The Bertz CT molecular complexity index is 454. The lowest BCUT2D eigenvalue weighted by atomic mass is 9.92. The first kappa shape index (κ1) is 18.7. The van der Waals surface area contributed by atoms with Gasteiger partial charge in [-0.15, -0.1) is 0 Å². The van der Waals surface area contributed by atoms with E-state index in [-0.39, 0.29) is 17.7 Å². The van der Waals surface area contributed by atoms with Crippen molar-refractivity contribution in [3.8, 4) is 0 Å². The zero-order chi connectivity index (χ0) is 17.6. The highest BCUT2D eigenvalue weighted by Crippen LogP contribution is 2.28. The average molecular weight is 351 g/mol. The van der Waals surface area contributed by atoms with E-state index in [0.29, 0.717) is 24.9 Å². The molecule has 0 bridgehead atoms. The van der Waals surface area contributed by atoms with Crippen molar-refractivity contribution in [2.75, 3.05) is 33.4 Å². The number of carbonyl (C=O) groups excluding carboxylic acids is 2. The van der Waals surface area contributed by atoms with Gasteiger partial charge >= 0.3 is 0 Å². The zero-order valence-corrected chi connectivity index (χ0v) is 15.8. The van der Waals surface area contributed by atoms with E-state index < -0.39 is 0 Å². The molecule has 2 saturated heterocycles. The Hall–Kier alpha value is -1.10. The van der Waals surface area contributed by atoms with E-state index in [1.807, 2.05) is 11.9 Å². The lowest BCUT2D eigenvalue weighted by Gasteiger charge is -2.39. The third kappa shape index (κ3) is 4.96. The predicted molar refractivity (Wildman–Crippen MR) is 97.1 cm³/mol. The van der Waals surface area contributed by atoms with Gasteiger partial charge in [0.1, 0.15) is 0 Å². The molecule has 0 aromatic rings. The molecule has 0 aromatic heterocycles. The Labute approximate surface area is 152 Å². The summed E-state index contributed by atoms with van der Waals surface area (Å²) < 4.78 is 5.41. The Morgan fingerprint density at radius 2 is 1.76 bits per heavy atom. The van der Waals surface area contributed by atoms with Crippen molar-refractivity contribution in [1.82, 2.24) is 9.80 Å². The molecule has 2 heterocycles. The number of likely N-dealkylation sites (tertiary alicyclic amines) is 1. The third-order valence-electron chi connectivity index (χ3n) is 6.31. The molecule has 1 atom stereocenters. The fourth-order valence-corrected chi connectivity index (χ4v) is 4.71. The number of hydrogen-bond donors (Lipinski definition) is 0. The molecule has 5 heteroatoms. The summed E-state index contributed by atoms with van der Waals surface area (Å²) in [4.78, 5) is 29.4. The van der Waals surface area contributed by atoms with Gasteiger partial charge in [0.2, 0.25) is 11.8 Å². The minimum atomic E-state index is -0.00852. The maximum absolute atomic E-state index is 12.9. The van der Waals surface area contributed by atoms with E-state index in [0.717, 1.165) is 51.9 Å². The van der Waals surface area contributed by atoms with Crippen LogP contribution in [0, 0.1) is 11.8 Å². The maximum Gasteiger partial charge on any atom is 0.227 e. The molecule has 2 amide bonds. The van der Waals surface area contributed by atoms with Crippen molar-refractivity contribution in [1.29, 1.82) is 0 Å². The fourth-order valence-electron chi connectivity index (χ4n) is 4.71. The standard InChI is InChI=1S/C20H34N2O3/c1-21(14-16-10-12-25-13-11-16)20(24)17-8-9-19(23)22(15-17)18-6-4-2-3-5-7-18/h16-18H,2-15H2,1H3/t17-/m0/s1. The summed E-state index contributed by atoms with van der Waals surface area (Å²) in [6.07, 6.45) is 10.6. The largest absolute Gasteiger partial charge is 0.381 e. The summed E-state index contributed by atoms with van der Waals surface area (Å²) >= 11 is 0. The van der Waals surface area contributed by atoms with E-state index in [1.165, 1.54) is 25.7 Å². The molecule has 142 valence electrons. The van der Waals surface area contributed by atoms with Crippen molar-refractivity contribution in [2.45, 2.75) is 70.3 Å². The number of amides is 2. The van der Waals surface area contributed by atoms with Crippen LogP contribution in [0.15, 0.2) is 0 Å². The van der Waals surface area contributed by atoms with E-state index in [1.54, 1.807) is 0 Å². The molecule has 3 rings (SSSR count). The SMILES string of the molecule is CN(CC1CCOCC1)C(=O)[C@H]1CCC(=O)N(C2CCCCCC2)C1. The zero-order valence-electron chi connectivity index (χ0n) is 15.8. The van der Waals surface area contributed by atoms with Gasteiger partial charge in [0.05, 0.1) is 5.92 Å². The van der Waals surface area contributed by atoms with Crippen molar-refractivity contribution in [3.05, 3.63) is 0 Å². The van der Waals surface area contributed by atoms with Gasteiger partial charge in [-0.1, -0.05) is 25.7 Å². The van der Waals surface area contributed by atoms with Crippen LogP contribution in [-0.2, 0) is 14.3 Å². The Morgan fingerprint density at radius 1 is 1.08 bits per heavy atom. The summed E-state index contributed by atoms with van der Waals surface area (Å²) in [5.74, 6) is 1.05. The van der Waals surface area contributed by atoms with Crippen LogP contribution in [-0.4, -0.2) is 61.0 Å². The molecule has 5 nitrogen and oxygen atoms in total. The second-order valence-corrected chi connectivity index (χ2v) is 8.20. The molecule has 3 fully saturated rings. The third-order valence-corrected chi connectivity index (χ3v) is 6.31. The highest BCUT2D eigenvalue weighted by Gasteiger charge is 2.35. The van der Waals surface area contributed by atoms with Crippen molar-refractivity contribution < 1.29 is 14.3 Å². The molecule has 0 spiro atoms. The van der Waals surface area contributed by atoms with Crippen LogP contribution >= 0.6 is 0 Å². The topological polar surface area (TPSA) is 49.9 Å². The van der Waals surface area contributed by atoms with E-state index in [2.05, 4.69) is 4.90 Å². The molecule has 0 unspecified atom stereocenters. The molecule has 0 N–H and O–H groups in total. The Morgan fingerprint density at radius 3 is 2.44 bits per heavy atom. The monoisotopic (exact) mass is 350 g/mol. The van der Waals surface area contributed by atoms with Crippen molar-refractivity contribution in [3.63, 3.8) is 0 Å². The van der Waals surface area contributed by atoms with Gasteiger partial charge in [0.15, 0.2) is 0 Å². The highest BCUT2D eigenvalue weighted by atomic mass is 16.5. The molecule has 25 heavy (non-hydrogen) atoms. The summed E-state index contributed by atoms with van der Waals surface area (Å²) in [7, 11) is 1.93. The number of rotatable bonds is 4. The van der Waals surface area contributed by atoms with Gasteiger partial charge in [-0.2, -0.15) is 0 Å². The van der Waals surface area contributed by atoms with E-state index in [4.69, 9.17) is 4.74 Å². The van der Waals surface area contributed by atoms with Gasteiger partial charge in [-0.05, 0) is 38.0 Å². The van der Waals surface area contributed by atoms with Gasteiger partial charge in [0.25, 0.3) is 0 Å². The number of nitrogens with zero attached hydrogens (tertiary/aromatic N) is 2. The molecule has 0 radical (unpaired) electrons. The number of hydrogen-bond acceptors (Lipinski definition) is 3.